The van der Waals surface area contributed by atoms with Gasteiger partial charge in [-0.05, 0) is 57.5 Å². The number of likely N-dealkylation sites (N-methyl/N-ethyl adjacent to an activating group) is 1. The van der Waals surface area contributed by atoms with Gasteiger partial charge < -0.3 is 29.7 Å². The smallest absolute Gasteiger partial charge is 0.290 e. The van der Waals surface area contributed by atoms with Gasteiger partial charge in [-0.2, -0.15) is 0 Å². The van der Waals surface area contributed by atoms with Gasteiger partial charge in [-0.15, -0.1) is 0 Å². The number of carbonyl (C=O) groups excluding carboxylic acids is 2. The second-order valence-corrected chi connectivity index (χ2v) is 8.89. The molecule has 176 valence electrons. The molecule has 1 aliphatic carbocycles. The minimum Gasteiger partial charge on any atom is -0.486 e. The summed E-state index contributed by atoms with van der Waals surface area (Å²) in [5.74, 6) is 2.25. The minimum atomic E-state index is -0.250. The van der Waals surface area contributed by atoms with Crippen LogP contribution in [0.2, 0.25) is 0 Å². The first-order valence-corrected chi connectivity index (χ1v) is 11.1. The Kier molecular flexibility index (Phi) is 7.95. The van der Waals surface area contributed by atoms with E-state index in [0.29, 0.717) is 48.7 Å². The Balaban J connectivity index is 0.000000913. The molecule has 0 aromatic heterocycles. The SMILES string of the molecule is Cc1cc2c(cc1C(=O)N[C@H]1CCC[C@H]3CN(C(=O)CN(C)C)C[C@H]31)OCCO2.O=CO. The zero-order valence-electron chi connectivity index (χ0n) is 19.0. The van der Waals surface area contributed by atoms with Gasteiger partial charge in [0.05, 0.1) is 6.54 Å². The predicted octanol–water partition coefficient (Wildman–Crippen LogP) is 1.39. The number of aryl methyl sites for hydroxylation is 1. The first-order valence-electron chi connectivity index (χ1n) is 11.1. The fourth-order valence-electron chi connectivity index (χ4n) is 4.91. The molecule has 1 aromatic rings. The van der Waals surface area contributed by atoms with E-state index in [1.807, 2.05) is 36.9 Å². The Morgan fingerprint density at radius 3 is 2.50 bits per heavy atom. The van der Waals surface area contributed by atoms with Gasteiger partial charge >= 0.3 is 0 Å². The van der Waals surface area contributed by atoms with Gasteiger partial charge in [-0.25, -0.2) is 0 Å². The van der Waals surface area contributed by atoms with E-state index >= 15 is 0 Å². The first-order chi connectivity index (χ1) is 15.3. The quantitative estimate of drug-likeness (QED) is 0.672. The van der Waals surface area contributed by atoms with Crippen LogP contribution < -0.4 is 14.8 Å². The predicted molar refractivity (Wildman–Crippen MR) is 118 cm³/mol. The van der Waals surface area contributed by atoms with Crippen molar-refractivity contribution in [2.24, 2.45) is 11.8 Å². The maximum atomic E-state index is 13.1. The third kappa shape index (κ3) is 5.51. The molecule has 9 nitrogen and oxygen atoms in total. The fraction of sp³-hybridized carbons (Fsp3) is 0.609. The lowest BCUT2D eigenvalue weighted by atomic mass is 9.78. The third-order valence-corrected chi connectivity index (χ3v) is 6.35. The summed E-state index contributed by atoms with van der Waals surface area (Å²) in [7, 11) is 3.83. The molecule has 1 saturated heterocycles. The molecule has 2 heterocycles. The van der Waals surface area contributed by atoms with Crippen LogP contribution in [0.4, 0.5) is 0 Å². The molecule has 3 atom stereocenters. The molecular formula is C23H33N3O6. The summed E-state index contributed by atoms with van der Waals surface area (Å²) in [6.45, 7) is 4.70. The number of fused-ring (bicyclic) bond motifs is 2. The van der Waals surface area contributed by atoms with Crippen LogP contribution in [0.15, 0.2) is 12.1 Å². The molecule has 1 saturated carbocycles. The maximum absolute atomic E-state index is 13.1. The number of amides is 2. The third-order valence-electron chi connectivity index (χ3n) is 6.35. The molecule has 2 fully saturated rings. The number of likely N-dealkylation sites (tertiary alicyclic amines) is 1. The number of ether oxygens (including phenoxy) is 2. The zero-order valence-corrected chi connectivity index (χ0v) is 19.0. The molecule has 0 spiro atoms. The van der Waals surface area contributed by atoms with Crippen molar-refractivity contribution < 1.29 is 29.0 Å². The van der Waals surface area contributed by atoms with Crippen LogP contribution in [0.1, 0.15) is 35.2 Å². The average molecular weight is 448 g/mol. The van der Waals surface area contributed by atoms with Crippen molar-refractivity contribution in [3.8, 4) is 11.5 Å². The molecule has 2 N–H and O–H groups in total. The van der Waals surface area contributed by atoms with Gasteiger partial charge in [-0.1, -0.05) is 6.42 Å². The van der Waals surface area contributed by atoms with Gasteiger partial charge in [0.1, 0.15) is 13.2 Å². The van der Waals surface area contributed by atoms with E-state index in [1.54, 1.807) is 6.07 Å². The summed E-state index contributed by atoms with van der Waals surface area (Å²) in [5.41, 5.74) is 1.52. The molecule has 4 rings (SSSR count). The first kappa shape index (κ1) is 23.8. The van der Waals surface area contributed by atoms with Crippen molar-refractivity contribution in [1.82, 2.24) is 15.1 Å². The molecule has 3 aliphatic rings. The Morgan fingerprint density at radius 1 is 1.19 bits per heavy atom. The van der Waals surface area contributed by atoms with Crippen LogP contribution in [0.5, 0.6) is 11.5 Å². The van der Waals surface area contributed by atoms with Crippen LogP contribution in [-0.2, 0) is 9.59 Å². The molecule has 2 amide bonds. The number of rotatable bonds is 4. The van der Waals surface area contributed by atoms with E-state index in [1.165, 1.54) is 0 Å². The van der Waals surface area contributed by atoms with Gasteiger partial charge in [-0.3, -0.25) is 14.4 Å². The molecule has 0 radical (unpaired) electrons. The van der Waals surface area contributed by atoms with Crippen molar-refractivity contribution in [1.29, 1.82) is 0 Å². The number of hydrogen-bond acceptors (Lipinski definition) is 6. The molecule has 1 aromatic carbocycles. The van der Waals surface area contributed by atoms with Crippen LogP contribution >= 0.6 is 0 Å². The standard InChI is InChI=1S/C22H31N3O4.CH2O2/c1-14-9-19-20(29-8-7-28-19)10-16(14)22(27)23-18-6-4-5-15-11-25(12-17(15)18)21(26)13-24(2)3;2-1-3/h9-10,15,17-18H,4-8,11-13H2,1-3H3,(H,23,27);1H,(H,2,3)/t15-,17+,18-;/m0./s1. The lowest BCUT2D eigenvalue weighted by molar-refractivity contribution is -0.131. The monoisotopic (exact) mass is 447 g/mol. The highest BCUT2D eigenvalue weighted by molar-refractivity contribution is 5.96. The Bertz CT molecular complexity index is 843. The molecule has 32 heavy (non-hydrogen) atoms. The fourth-order valence-corrected chi connectivity index (χ4v) is 4.91. The van der Waals surface area contributed by atoms with Gasteiger partial charge in [0.2, 0.25) is 5.91 Å². The number of nitrogens with one attached hydrogen (secondary N) is 1. The van der Waals surface area contributed by atoms with Crippen molar-refractivity contribution in [3.63, 3.8) is 0 Å². The molecular weight excluding hydrogens is 414 g/mol. The summed E-state index contributed by atoms with van der Waals surface area (Å²) in [4.78, 5) is 37.8. The summed E-state index contributed by atoms with van der Waals surface area (Å²) >= 11 is 0. The number of hydrogen-bond donors (Lipinski definition) is 2. The van der Waals surface area contributed by atoms with E-state index in [2.05, 4.69) is 5.32 Å². The largest absolute Gasteiger partial charge is 0.486 e. The maximum Gasteiger partial charge on any atom is 0.290 e. The van der Waals surface area contributed by atoms with Crippen LogP contribution in [0.3, 0.4) is 0 Å². The number of carbonyl (C=O) groups is 3. The number of carboxylic acid groups (broad SMARTS) is 1. The van der Waals surface area contributed by atoms with E-state index in [0.717, 1.165) is 37.9 Å². The van der Waals surface area contributed by atoms with Crippen molar-refractivity contribution >= 4 is 18.3 Å². The minimum absolute atomic E-state index is 0.0665. The highest BCUT2D eigenvalue weighted by Gasteiger charge is 2.42. The molecule has 9 heteroatoms. The molecule has 0 unspecified atom stereocenters. The summed E-state index contributed by atoms with van der Waals surface area (Å²) in [6.07, 6.45) is 3.18. The van der Waals surface area contributed by atoms with Crippen LogP contribution in [0, 0.1) is 18.8 Å². The Labute approximate surface area is 188 Å². The average Bonchev–Trinajstić information content (AvgIpc) is 3.19. The molecule has 2 aliphatic heterocycles. The van der Waals surface area contributed by atoms with E-state index in [9.17, 15) is 9.59 Å². The summed E-state index contributed by atoms with van der Waals surface area (Å²) < 4.78 is 11.3. The van der Waals surface area contributed by atoms with Gasteiger partial charge in [0, 0.05) is 30.6 Å². The van der Waals surface area contributed by atoms with E-state index in [4.69, 9.17) is 19.4 Å². The summed E-state index contributed by atoms with van der Waals surface area (Å²) in [5, 5.41) is 10.2. The van der Waals surface area contributed by atoms with Crippen LogP contribution in [-0.4, -0.2) is 86.2 Å². The highest BCUT2D eigenvalue weighted by atomic mass is 16.6. The van der Waals surface area contributed by atoms with E-state index < -0.39 is 0 Å². The van der Waals surface area contributed by atoms with Crippen molar-refractivity contribution in [2.75, 3.05) is 46.9 Å². The number of nitrogens with zero attached hydrogens (tertiary/aromatic N) is 2. The van der Waals surface area contributed by atoms with Gasteiger partial charge in [0.25, 0.3) is 12.4 Å². The Hall–Kier alpha value is -2.81. The lowest BCUT2D eigenvalue weighted by Crippen LogP contribution is -2.45. The number of benzene rings is 1. The van der Waals surface area contributed by atoms with Crippen LogP contribution in [0.25, 0.3) is 0 Å². The van der Waals surface area contributed by atoms with E-state index in [-0.39, 0.29) is 24.3 Å². The second kappa shape index (κ2) is 10.7. The summed E-state index contributed by atoms with van der Waals surface area (Å²) in [6, 6.07) is 3.77. The zero-order chi connectivity index (χ0) is 23.3. The Morgan fingerprint density at radius 2 is 1.84 bits per heavy atom. The molecule has 0 bridgehead atoms. The highest BCUT2D eigenvalue weighted by Crippen LogP contribution is 2.37. The van der Waals surface area contributed by atoms with Gasteiger partial charge in [0.15, 0.2) is 11.5 Å². The second-order valence-electron chi connectivity index (χ2n) is 8.89. The van der Waals surface area contributed by atoms with Crippen molar-refractivity contribution in [3.05, 3.63) is 23.3 Å². The topological polar surface area (TPSA) is 108 Å². The normalized spacial score (nSPS) is 23.6. The van der Waals surface area contributed by atoms with Crippen molar-refractivity contribution in [2.45, 2.75) is 32.2 Å². The lowest BCUT2D eigenvalue weighted by Gasteiger charge is -2.33.